The summed E-state index contributed by atoms with van der Waals surface area (Å²) in [5.41, 5.74) is 7.65. The Labute approximate surface area is 205 Å². The zero-order valence-electron chi connectivity index (χ0n) is 20.2. The third kappa shape index (κ3) is 0.500. The van der Waals surface area contributed by atoms with Crippen molar-refractivity contribution in [2.24, 2.45) is 180 Å². The average molecular weight is 453 g/mol. The second-order valence-electron chi connectivity index (χ2n) is 20.7. The molecule has 0 bridgehead atoms. The lowest BCUT2D eigenvalue weighted by Gasteiger charge is -3.34. The summed E-state index contributed by atoms with van der Waals surface area (Å²) < 4.78 is 0. The van der Waals surface area contributed by atoms with Gasteiger partial charge in [-0.2, -0.15) is 0 Å². The van der Waals surface area contributed by atoms with Crippen LogP contribution in [0.2, 0.25) is 0 Å². The summed E-state index contributed by atoms with van der Waals surface area (Å²) in [6.45, 7) is 0. The minimum atomic E-state index is 1.08. The van der Waals surface area contributed by atoms with E-state index in [2.05, 4.69) is 0 Å². The molecule has 20 fully saturated rings. The number of fused-ring (bicyclic) bond motifs is 22. The molecule has 0 radical (unpaired) electrons. The van der Waals surface area contributed by atoms with Gasteiger partial charge in [0, 0.05) is 0 Å². The number of hydrogen-bond acceptors (Lipinski definition) is 0. The Balaban J connectivity index is 0.867. The molecule has 20 aliphatic carbocycles. The highest BCUT2D eigenvalue weighted by atomic mass is 15.4. The van der Waals surface area contributed by atoms with Gasteiger partial charge >= 0.3 is 0 Å². The zero-order chi connectivity index (χ0) is 20.2. The summed E-state index contributed by atoms with van der Waals surface area (Å²) in [5, 5.41) is 0. The summed E-state index contributed by atoms with van der Waals surface area (Å²) in [4.78, 5) is 0. The summed E-state index contributed by atoms with van der Waals surface area (Å²) in [6.07, 6.45) is 6.79. The molecule has 0 amide bonds. The van der Waals surface area contributed by atoms with Gasteiger partial charge in [0.05, 0.1) is 0 Å². The molecule has 0 aromatic rings. The molecule has 22 unspecified atom stereocenters. The molecule has 22 atom stereocenters. The predicted octanol–water partition coefficient (Wildman–Crippen LogP) is 4.51. The van der Waals surface area contributed by atoms with Gasteiger partial charge in [-0.3, -0.25) is 0 Å². The van der Waals surface area contributed by atoms with Crippen molar-refractivity contribution in [3.8, 4) is 0 Å². The van der Waals surface area contributed by atoms with E-state index in [-0.39, 0.29) is 0 Å². The van der Waals surface area contributed by atoms with Crippen molar-refractivity contribution < 1.29 is 0 Å². The van der Waals surface area contributed by atoms with Crippen molar-refractivity contribution in [3.05, 3.63) is 0 Å². The third-order valence-electron chi connectivity index (χ3n) is 25.4. The van der Waals surface area contributed by atoms with Crippen LogP contribution in [0.3, 0.4) is 0 Å². The van der Waals surface area contributed by atoms with Crippen LogP contribution in [0.15, 0.2) is 0 Å². The predicted molar refractivity (Wildman–Crippen MR) is 119 cm³/mol. The van der Waals surface area contributed by atoms with E-state index in [9.17, 15) is 0 Å². The topological polar surface area (TPSA) is 0 Å². The molecule has 0 saturated heterocycles. The molecule has 20 rings (SSSR count). The molecule has 20 aliphatic rings. The molecule has 0 aliphatic heterocycles. The SMILES string of the molecule is C1CC2C1C1C2C2C3C1C1C4C5C6C7C8C9C%10CCC%11C%10C9%10C%11C9C%11C%12C%13C%14C2C31C4%14C5%13C6%12C7%11C89%10. The van der Waals surface area contributed by atoms with Crippen molar-refractivity contribution in [2.45, 2.75) is 25.7 Å². The van der Waals surface area contributed by atoms with Crippen LogP contribution in [-0.4, -0.2) is 0 Å². The van der Waals surface area contributed by atoms with Crippen LogP contribution in [0.25, 0.3) is 0 Å². The van der Waals surface area contributed by atoms with Crippen LogP contribution >= 0.6 is 0 Å². The number of rotatable bonds is 0. The first-order chi connectivity index (χ1) is 17.4. The molecule has 7 spiro atoms. The van der Waals surface area contributed by atoms with Crippen LogP contribution in [0.5, 0.6) is 0 Å². The van der Waals surface area contributed by atoms with E-state index in [1.807, 2.05) is 0 Å². The minimum absolute atomic E-state index is 1.08. The van der Waals surface area contributed by atoms with Gasteiger partial charge in [-0.15, -0.1) is 0 Å². The van der Waals surface area contributed by atoms with E-state index >= 15 is 0 Å². The van der Waals surface area contributed by atoms with Gasteiger partial charge in [-0.1, -0.05) is 0 Å². The Morgan fingerprint density at radius 1 is 0.257 bits per heavy atom. The van der Waals surface area contributed by atoms with E-state index in [1.165, 1.54) is 142 Å². The summed E-state index contributed by atoms with van der Waals surface area (Å²) in [5.74, 6) is 32.3. The van der Waals surface area contributed by atoms with Crippen molar-refractivity contribution >= 4 is 0 Å². The Bertz CT molecular complexity index is 1520. The lowest BCUT2D eigenvalue weighted by Crippen LogP contribution is -3.32. The molecule has 0 nitrogen and oxygen atoms in total. The van der Waals surface area contributed by atoms with Crippen LogP contribution < -0.4 is 0 Å². The second kappa shape index (κ2) is 2.66. The fraction of sp³-hybridized carbons (Fsp3) is 1.00. The minimum Gasteiger partial charge on any atom is -0.0496 e. The zero-order valence-corrected chi connectivity index (χ0v) is 20.2. The van der Waals surface area contributed by atoms with Crippen LogP contribution in [0, 0.1) is 180 Å². The molecule has 35 heavy (non-hydrogen) atoms. The van der Waals surface area contributed by atoms with Gasteiger partial charge in [-0.25, -0.2) is 0 Å². The summed E-state index contributed by atoms with van der Waals surface area (Å²) >= 11 is 0. The second-order valence-corrected chi connectivity index (χ2v) is 20.7. The van der Waals surface area contributed by atoms with Gasteiger partial charge in [0.15, 0.2) is 0 Å². The average Bonchev–Trinajstić information content (AvgIpc) is 3.10. The number of hydrogen-bond donors (Lipinski definition) is 0. The lowest BCUT2D eigenvalue weighted by atomic mass is 8.69. The molecular formula is C35H32. The molecular weight excluding hydrogens is 420 g/mol. The van der Waals surface area contributed by atoms with Crippen LogP contribution in [0.1, 0.15) is 25.7 Å². The standard InChI is InChI=1S/C35H32/c1-2-6-5(1)9-10(6)12-16-11(9)17-21-25-27-23-19-14-7-3-4-8-13(7)29(14)15(8)20-24-28-26-22-18(12)30(16,17)32(21,22)34(25,26)35(27,28)33(23,24)31(19,20)29/h5-28H,1-4H2. The maximum Gasteiger partial charge on any atom is -0.00932 e. The fourth-order valence-electron chi connectivity index (χ4n) is 29.1. The van der Waals surface area contributed by atoms with E-state index < -0.39 is 0 Å². The largest absolute Gasteiger partial charge is 0.0496 e. The van der Waals surface area contributed by atoms with E-state index in [1.54, 1.807) is 25.7 Å². The van der Waals surface area contributed by atoms with Crippen molar-refractivity contribution in [1.82, 2.24) is 0 Å². The molecule has 0 heterocycles. The lowest BCUT2D eigenvalue weighted by molar-refractivity contribution is -0.886. The van der Waals surface area contributed by atoms with Crippen molar-refractivity contribution in [3.63, 3.8) is 0 Å². The highest BCUT2D eigenvalue weighted by molar-refractivity contribution is 5.78. The van der Waals surface area contributed by atoms with Gasteiger partial charge in [0.1, 0.15) is 0 Å². The molecule has 0 heteroatoms. The highest BCUT2D eigenvalue weighted by Gasteiger charge is 3.33. The Kier molecular flexibility index (Phi) is 1.05. The van der Waals surface area contributed by atoms with Crippen LogP contribution in [0.4, 0.5) is 0 Å². The molecule has 0 aromatic carbocycles. The smallest absolute Gasteiger partial charge is 0.00932 e. The Morgan fingerprint density at radius 2 is 0.629 bits per heavy atom. The van der Waals surface area contributed by atoms with Crippen LogP contribution in [-0.2, 0) is 0 Å². The maximum atomic E-state index is 1.71. The van der Waals surface area contributed by atoms with Gasteiger partial charge < -0.3 is 0 Å². The molecule has 20 saturated carbocycles. The molecule has 0 N–H and O–H groups in total. The van der Waals surface area contributed by atoms with Gasteiger partial charge in [-0.05, 0) is 206 Å². The normalized spacial score (nSPS) is 115. The van der Waals surface area contributed by atoms with E-state index in [0.717, 1.165) is 37.9 Å². The Hall–Kier alpha value is 0. The molecule has 172 valence electrons. The first-order valence-electron chi connectivity index (χ1n) is 17.4. The highest BCUT2D eigenvalue weighted by Crippen LogP contribution is 3.35. The van der Waals surface area contributed by atoms with Crippen molar-refractivity contribution in [1.29, 1.82) is 0 Å². The van der Waals surface area contributed by atoms with Crippen molar-refractivity contribution in [2.75, 3.05) is 0 Å². The quantitative estimate of drug-likeness (QED) is 0.507. The van der Waals surface area contributed by atoms with Gasteiger partial charge in [0.2, 0.25) is 0 Å². The maximum absolute atomic E-state index is 1.71. The summed E-state index contributed by atoms with van der Waals surface area (Å²) in [6, 6.07) is 0. The van der Waals surface area contributed by atoms with E-state index in [0.29, 0.717) is 0 Å². The molecule has 0 aromatic heterocycles. The summed E-state index contributed by atoms with van der Waals surface area (Å²) in [7, 11) is 0. The monoisotopic (exact) mass is 452 g/mol. The van der Waals surface area contributed by atoms with E-state index in [4.69, 9.17) is 0 Å². The third-order valence-corrected chi connectivity index (χ3v) is 25.4. The first kappa shape index (κ1) is 13.9. The first-order valence-corrected chi connectivity index (χ1v) is 17.4. The van der Waals surface area contributed by atoms with Gasteiger partial charge in [0.25, 0.3) is 0 Å². The fourth-order valence-corrected chi connectivity index (χ4v) is 29.1. The Morgan fingerprint density at radius 3 is 1.11 bits per heavy atom.